The molecule has 30 heavy (non-hydrogen) atoms. The number of thiophene rings is 1. The molecule has 0 atom stereocenters. The number of fused-ring (bicyclic) bond motifs is 2. The average Bonchev–Trinajstić information content (AvgIpc) is 3.19. The van der Waals surface area contributed by atoms with Gasteiger partial charge in [0, 0.05) is 38.0 Å². The Labute approximate surface area is 181 Å². The molecule has 2 aromatic heterocycles. The number of amides is 1. The highest BCUT2D eigenvalue weighted by Gasteiger charge is 2.42. The van der Waals surface area contributed by atoms with Crippen molar-refractivity contribution in [3.8, 4) is 10.6 Å². The maximum absolute atomic E-state index is 12.7. The number of aromatic nitrogens is 2. The SMILES string of the molecule is COCCN(C)CC(=O)N1CCC2(CC1)OCCc1sc(-c3cnc(N)cn3)cc12. The maximum Gasteiger partial charge on any atom is 0.236 e. The lowest BCUT2D eigenvalue weighted by molar-refractivity contribution is -0.141. The Hall–Kier alpha value is -2.07. The number of nitrogen functional groups attached to an aromatic ring is 1. The smallest absolute Gasteiger partial charge is 0.236 e. The normalized spacial score (nSPS) is 18.0. The van der Waals surface area contributed by atoms with Crippen LogP contribution in [0.2, 0.25) is 0 Å². The molecule has 0 bridgehead atoms. The van der Waals surface area contributed by atoms with Gasteiger partial charge in [-0.05, 0) is 31.5 Å². The number of hydrogen-bond donors (Lipinski definition) is 1. The highest BCUT2D eigenvalue weighted by Crippen LogP contribution is 2.46. The monoisotopic (exact) mass is 431 g/mol. The summed E-state index contributed by atoms with van der Waals surface area (Å²) in [5.41, 5.74) is 7.47. The number of carbonyl (C=O) groups excluding carboxylic acids is 1. The molecule has 2 aliphatic heterocycles. The molecule has 2 aliphatic rings. The van der Waals surface area contributed by atoms with Crippen LogP contribution < -0.4 is 5.73 Å². The number of methoxy groups -OCH3 is 1. The highest BCUT2D eigenvalue weighted by atomic mass is 32.1. The summed E-state index contributed by atoms with van der Waals surface area (Å²) in [5.74, 6) is 0.590. The lowest BCUT2D eigenvalue weighted by Gasteiger charge is -2.44. The Balaban J connectivity index is 1.45. The van der Waals surface area contributed by atoms with Crippen molar-refractivity contribution in [1.82, 2.24) is 19.8 Å². The predicted molar refractivity (Wildman–Crippen MR) is 116 cm³/mol. The van der Waals surface area contributed by atoms with Crippen LogP contribution in [0.25, 0.3) is 10.6 Å². The molecule has 2 aromatic rings. The van der Waals surface area contributed by atoms with E-state index in [0.717, 1.165) is 36.4 Å². The molecule has 1 saturated heterocycles. The molecule has 162 valence electrons. The zero-order valence-electron chi connectivity index (χ0n) is 17.6. The third-order valence-corrected chi connectivity index (χ3v) is 7.16. The molecule has 0 saturated carbocycles. The van der Waals surface area contributed by atoms with E-state index in [1.807, 2.05) is 16.8 Å². The number of nitrogens with zero attached hydrogens (tertiary/aromatic N) is 4. The zero-order valence-corrected chi connectivity index (χ0v) is 18.4. The van der Waals surface area contributed by atoms with Crippen LogP contribution in [0.1, 0.15) is 23.3 Å². The summed E-state index contributed by atoms with van der Waals surface area (Å²) in [6.07, 6.45) is 5.86. The molecule has 9 heteroatoms. The summed E-state index contributed by atoms with van der Waals surface area (Å²) in [7, 11) is 3.62. The largest absolute Gasteiger partial charge is 0.383 e. The van der Waals surface area contributed by atoms with Crippen molar-refractivity contribution < 1.29 is 14.3 Å². The van der Waals surface area contributed by atoms with Gasteiger partial charge in [0.15, 0.2) is 0 Å². The van der Waals surface area contributed by atoms with Crippen molar-refractivity contribution in [2.45, 2.75) is 24.9 Å². The number of likely N-dealkylation sites (tertiary alicyclic amines) is 1. The van der Waals surface area contributed by atoms with E-state index < -0.39 is 0 Å². The van der Waals surface area contributed by atoms with Gasteiger partial charge in [0.25, 0.3) is 0 Å². The first-order valence-electron chi connectivity index (χ1n) is 10.3. The van der Waals surface area contributed by atoms with E-state index in [0.29, 0.717) is 38.7 Å². The minimum absolute atomic E-state index is 0.169. The van der Waals surface area contributed by atoms with Crippen LogP contribution >= 0.6 is 11.3 Å². The van der Waals surface area contributed by atoms with E-state index in [9.17, 15) is 4.79 Å². The standard InChI is InChI=1S/C21H29N5O3S/c1-25(8-10-28-2)14-20(27)26-6-4-21(5-7-26)15-11-18(30-17(15)3-9-29-21)16-12-24-19(22)13-23-16/h11-13H,3-10,14H2,1-2H3,(H2,22,24). The summed E-state index contributed by atoms with van der Waals surface area (Å²) in [5, 5.41) is 0. The molecule has 0 aliphatic carbocycles. The van der Waals surface area contributed by atoms with Gasteiger partial charge >= 0.3 is 0 Å². The van der Waals surface area contributed by atoms with E-state index in [1.54, 1.807) is 30.8 Å². The molecule has 4 rings (SSSR count). The minimum atomic E-state index is -0.303. The number of hydrogen-bond acceptors (Lipinski definition) is 8. The summed E-state index contributed by atoms with van der Waals surface area (Å²) in [4.78, 5) is 27.7. The van der Waals surface area contributed by atoms with Gasteiger partial charge in [-0.1, -0.05) is 0 Å². The second-order valence-corrected chi connectivity index (χ2v) is 9.11. The average molecular weight is 432 g/mol. The number of anilines is 1. The van der Waals surface area contributed by atoms with Crippen LogP contribution in [0.5, 0.6) is 0 Å². The van der Waals surface area contributed by atoms with Gasteiger partial charge in [-0.15, -0.1) is 11.3 Å². The third-order valence-electron chi connectivity index (χ3n) is 5.94. The first kappa shape index (κ1) is 21.2. The van der Waals surface area contributed by atoms with Gasteiger partial charge < -0.3 is 20.1 Å². The molecule has 0 radical (unpaired) electrons. The number of rotatable bonds is 6. The molecule has 1 spiro atoms. The Kier molecular flexibility index (Phi) is 6.33. The van der Waals surface area contributed by atoms with Gasteiger partial charge in [0.05, 0.1) is 48.3 Å². The zero-order chi connectivity index (χ0) is 21.1. The third kappa shape index (κ3) is 4.34. The highest BCUT2D eigenvalue weighted by molar-refractivity contribution is 7.15. The van der Waals surface area contributed by atoms with Gasteiger partial charge in [-0.3, -0.25) is 9.69 Å². The van der Waals surface area contributed by atoms with E-state index in [4.69, 9.17) is 15.2 Å². The van der Waals surface area contributed by atoms with Crippen molar-refractivity contribution in [2.75, 3.05) is 59.3 Å². The lowest BCUT2D eigenvalue weighted by atomic mass is 9.82. The lowest BCUT2D eigenvalue weighted by Crippen LogP contribution is -2.50. The topological polar surface area (TPSA) is 93.8 Å². The van der Waals surface area contributed by atoms with E-state index >= 15 is 0 Å². The summed E-state index contributed by atoms with van der Waals surface area (Å²) in [6, 6.07) is 2.20. The number of nitrogens with two attached hydrogens (primary N) is 1. The Morgan fingerprint density at radius 2 is 2.17 bits per heavy atom. The first-order chi connectivity index (χ1) is 14.5. The fraction of sp³-hybridized carbons (Fsp3) is 0.571. The molecular formula is C21H29N5O3S. The van der Waals surface area contributed by atoms with Crippen molar-refractivity contribution in [1.29, 1.82) is 0 Å². The Bertz CT molecular complexity index is 877. The first-order valence-corrected chi connectivity index (χ1v) is 11.1. The molecule has 1 amide bonds. The van der Waals surface area contributed by atoms with Crippen LogP contribution in [0.4, 0.5) is 5.82 Å². The summed E-state index contributed by atoms with van der Waals surface area (Å²) < 4.78 is 11.4. The fourth-order valence-corrected chi connectivity index (χ4v) is 5.39. The van der Waals surface area contributed by atoms with Crippen molar-refractivity contribution in [3.63, 3.8) is 0 Å². The number of ether oxygens (including phenoxy) is 2. The Morgan fingerprint density at radius 1 is 1.37 bits per heavy atom. The number of piperidine rings is 1. The van der Waals surface area contributed by atoms with Crippen LogP contribution in [0.3, 0.4) is 0 Å². The quantitative estimate of drug-likeness (QED) is 0.745. The molecule has 0 aromatic carbocycles. The maximum atomic E-state index is 12.7. The molecule has 8 nitrogen and oxygen atoms in total. The molecule has 0 unspecified atom stereocenters. The van der Waals surface area contributed by atoms with Gasteiger partial charge in [0.1, 0.15) is 5.82 Å². The van der Waals surface area contributed by atoms with Gasteiger partial charge in [-0.2, -0.15) is 0 Å². The summed E-state index contributed by atoms with van der Waals surface area (Å²) >= 11 is 1.76. The van der Waals surface area contributed by atoms with E-state index in [1.165, 1.54) is 10.4 Å². The predicted octanol–water partition coefficient (Wildman–Crippen LogP) is 1.76. The second kappa shape index (κ2) is 8.97. The molecular weight excluding hydrogens is 402 g/mol. The van der Waals surface area contributed by atoms with Crippen LogP contribution in [0, 0.1) is 0 Å². The second-order valence-electron chi connectivity index (χ2n) is 7.98. The number of carbonyl (C=O) groups is 1. The van der Waals surface area contributed by atoms with Crippen molar-refractivity contribution in [3.05, 3.63) is 28.9 Å². The number of likely N-dealkylation sites (N-methyl/N-ethyl adjacent to an activating group) is 1. The van der Waals surface area contributed by atoms with Gasteiger partial charge in [0.2, 0.25) is 5.91 Å². The fourth-order valence-electron chi connectivity index (χ4n) is 4.20. The van der Waals surface area contributed by atoms with Crippen LogP contribution in [0.15, 0.2) is 18.5 Å². The van der Waals surface area contributed by atoms with Gasteiger partial charge in [-0.25, -0.2) is 9.97 Å². The molecule has 2 N–H and O–H groups in total. The van der Waals surface area contributed by atoms with Crippen LogP contribution in [-0.4, -0.2) is 79.2 Å². The Morgan fingerprint density at radius 3 is 2.87 bits per heavy atom. The molecule has 1 fully saturated rings. The van der Waals surface area contributed by atoms with Crippen molar-refractivity contribution in [2.24, 2.45) is 0 Å². The minimum Gasteiger partial charge on any atom is -0.383 e. The van der Waals surface area contributed by atoms with Crippen LogP contribution in [-0.2, 0) is 26.3 Å². The molecule has 4 heterocycles. The van der Waals surface area contributed by atoms with E-state index in [-0.39, 0.29) is 11.5 Å². The van der Waals surface area contributed by atoms with E-state index in [2.05, 4.69) is 16.0 Å². The van der Waals surface area contributed by atoms with Crippen molar-refractivity contribution >= 4 is 23.1 Å². The summed E-state index contributed by atoms with van der Waals surface area (Å²) in [6.45, 7) is 3.93.